The van der Waals surface area contributed by atoms with Crippen molar-refractivity contribution in [2.24, 2.45) is 0 Å². The van der Waals surface area contributed by atoms with Crippen LogP contribution in [0.5, 0.6) is 11.5 Å². The van der Waals surface area contributed by atoms with Crippen LogP contribution in [0.1, 0.15) is 21.5 Å². The lowest BCUT2D eigenvalue weighted by Gasteiger charge is -2.25. The number of anilines is 3. The summed E-state index contributed by atoms with van der Waals surface area (Å²) in [5, 5.41) is 5.94. The molecule has 0 saturated carbocycles. The Hall–Kier alpha value is -4.62. The van der Waals surface area contributed by atoms with E-state index < -0.39 is 27.7 Å². The molecule has 11 nitrogen and oxygen atoms in total. The van der Waals surface area contributed by atoms with Gasteiger partial charge in [-0.2, -0.15) is 0 Å². The maximum Gasteiger partial charge on any atom is 0.337 e. The van der Waals surface area contributed by atoms with Crippen LogP contribution in [-0.2, 0) is 19.6 Å². The molecule has 0 fully saturated rings. The van der Waals surface area contributed by atoms with Crippen molar-refractivity contribution >= 4 is 50.2 Å². The number of esters is 1. The summed E-state index contributed by atoms with van der Waals surface area (Å²) in [6, 6.07) is 13.9. The molecular formula is C29H29FN4O7S. The number of ether oxygens (including phenoxy) is 3. The predicted molar refractivity (Wildman–Crippen MR) is 157 cm³/mol. The van der Waals surface area contributed by atoms with Crippen molar-refractivity contribution in [2.75, 3.05) is 62.3 Å². The summed E-state index contributed by atoms with van der Waals surface area (Å²) in [6.07, 6.45) is 1.03. The molecule has 220 valence electrons. The number of methoxy groups -OCH3 is 1. The van der Waals surface area contributed by atoms with Crippen LogP contribution in [0.3, 0.4) is 0 Å². The van der Waals surface area contributed by atoms with E-state index in [9.17, 15) is 18.0 Å². The van der Waals surface area contributed by atoms with Gasteiger partial charge in [0.15, 0.2) is 11.5 Å². The second-order valence-electron chi connectivity index (χ2n) is 9.95. The van der Waals surface area contributed by atoms with Gasteiger partial charge in [-0.05, 0) is 62.6 Å². The lowest BCUT2D eigenvalue weighted by atomic mass is 9.98. The highest BCUT2D eigenvalue weighted by Gasteiger charge is 2.30. The Labute approximate surface area is 242 Å². The fourth-order valence-electron chi connectivity index (χ4n) is 4.68. The van der Waals surface area contributed by atoms with Gasteiger partial charge < -0.3 is 29.7 Å². The molecule has 2 aliphatic heterocycles. The summed E-state index contributed by atoms with van der Waals surface area (Å²) in [7, 11) is 1.09. The minimum Gasteiger partial charge on any atom is -0.465 e. The van der Waals surface area contributed by atoms with Gasteiger partial charge in [0.1, 0.15) is 5.82 Å². The second kappa shape index (κ2) is 11.3. The number of nitrogens with one attached hydrogen (secondary N) is 2. The molecule has 0 aliphatic carbocycles. The number of hydrogen-bond donors (Lipinski definition) is 2. The van der Waals surface area contributed by atoms with E-state index in [0.717, 1.165) is 10.6 Å². The number of nitrogens with zero attached hydrogens (tertiary/aromatic N) is 2. The third kappa shape index (κ3) is 5.74. The molecule has 2 N–H and O–H groups in total. The van der Waals surface area contributed by atoms with E-state index in [-0.39, 0.29) is 35.8 Å². The zero-order valence-electron chi connectivity index (χ0n) is 23.4. The number of carbonyl (C=O) groups excluding carboxylic acids is 2. The number of rotatable bonds is 9. The van der Waals surface area contributed by atoms with Crippen molar-refractivity contribution in [3.63, 3.8) is 0 Å². The molecular weight excluding hydrogens is 567 g/mol. The first-order valence-electron chi connectivity index (χ1n) is 12.8. The van der Waals surface area contributed by atoms with Gasteiger partial charge in [0, 0.05) is 29.9 Å². The number of hydrogen-bond acceptors (Lipinski definition) is 9. The number of halogens is 1. The molecule has 3 aromatic carbocycles. The van der Waals surface area contributed by atoms with Crippen molar-refractivity contribution in [3.05, 3.63) is 77.1 Å². The van der Waals surface area contributed by atoms with Crippen molar-refractivity contribution in [2.45, 2.75) is 0 Å². The average molecular weight is 597 g/mol. The van der Waals surface area contributed by atoms with E-state index >= 15 is 4.39 Å². The third-order valence-electron chi connectivity index (χ3n) is 6.73. The van der Waals surface area contributed by atoms with E-state index in [4.69, 9.17) is 14.2 Å². The van der Waals surface area contributed by atoms with Gasteiger partial charge in [-0.3, -0.25) is 9.10 Å². The number of likely N-dealkylation sites (N-methyl/N-ethyl adjacent to an activating group) is 1. The average Bonchev–Trinajstić information content (AvgIpc) is 3.54. The number of benzene rings is 3. The monoisotopic (exact) mass is 596 g/mol. The van der Waals surface area contributed by atoms with Crippen LogP contribution in [0.15, 0.2) is 54.6 Å². The van der Waals surface area contributed by atoms with E-state index in [2.05, 4.69) is 10.6 Å². The predicted octanol–water partition coefficient (Wildman–Crippen LogP) is 3.60. The van der Waals surface area contributed by atoms with Crippen LogP contribution in [0, 0.1) is 5.82 Å². The van der Waals surface area contributed by atoms with E-state index in [1.165, 1.54) is 31.4 Å². The smallest absolute Gasteiger partial charge is 0.337 e. The molecule has 0 spiro atoms. The molecule has 42 heavy (non-hydrogen) atoms. The van der Waals surface area contributed by atoms with Crippen molar-refractivity contribution < 1.29 is 36.6 Å². The first kappa shape index (κ1) is 28.9. The second-order valence-corrected chi connectivity index (χ2v) is 11.9. The summed E-state index contributed by atoms with van der Waals surface area (Å²) in [4.78, 5) is 27.2. The molecule has 0 radical (unpaired) electrons. The van der Waals surface area contributed by atoms with Crippen LogP contribution in [0.2, 0.25) is 0 Å². The zero-order valence-corrected chi connectivity index (χ0v) is 24.2. The Morgan fingerprint density at radius 2 is 1.76 bits per heavy atom. The fraction of sp³-hybridized carbons (Fsp3) is 0.241. The van der Waals surface area contributed by atoms with Crippen molar-refractivity contribution in [1.82, 2.24) is 4.90 Å². The minimum absolute atomic E-state index is 0.0507. The van der Waals surface area contributed by atoms with Gasteiger partial charge in [0.25, 0.3) is 5.91 Å². The highest BCUT2D eigenvalue weighted by Crippen LogP contribution is 2.41. The summed E-state index contributed by atoms with van der Waals surface area (Å²) in [5.41, 5.74) is 2.47. The topological polar surface area (TPSA) is 127 Å². The van der Waals surface area contributed by atoms with Crippen molar-refractivity contribution in [3.8, 4) is 11.5 Å². The Morgan fingerprint density at radius 3 is 2.45 bits per heavy atom. The van der Waals surface area contributed by atoms with Crippen LogP contribution >= 0.6 is 0 Å². The molecule has 0 atom stereocenters. The first-order chi connectivity index (χ1) is 20.0. The molecule has 3 aromatic rings. The van der Waals surface area contributed by atoms with E-state index in [0.29, 0.717) is 40.6 Å². The minimum atomic E-state index is -3.76. The largest absolute Gasteiger partial charge is 0.465 e. The SMILES string of the molecule is COC(=O)c1ccc2c(c1)NC(=O)/C2=C(\Nc1ccc(N(CCN(C)C)S(C)(=O)=O)c(F)c1)c1ccc2c(c1)OCO2. The molecule has 0 unspecified atom stereocenters. The number of amides is 1. The van der Waals surface area contributed by atoms with E-state index in [1.807, 2.05) is 0 Å². The lowest BCUT2D eigenvalue weighted by molar-refractivity contribution is -0.110. The summed E-state index contributed by atoms with van der Waals surface area (Å²) in [6.45, 7) is 0.501. The molecule has 13 heteroatoms. The Bertz CT molecular complexity index is 1720. The molecule has 0 bridgehead atoms. The summed E-state index contributed by atoms with van der Waals surface area (Å²) >= 11 is 0. The maximum atomic E-state index is 15.5. The Balaban J connectivity index is 1.59. The maximum absolute atomic E-state index is 15.5. The van der Waals surface area contributed by atoms with Crippen LogP contribution in [0.4, 0.5) is 21.5 Å². The van der Waals surface area contributed by atoms with Crippen LogP contribution in [-0.4, -0.2) is 72.5 Å². The molecule has 0 saturated heterocycles. The Kier molecular flexibility index (Phi) is 7.80. The summed E-state index contributed by atoms with van der Waals surface area (Å²) in [5.74, 6) is -0.758. The third-order valence-corrected chi connectivity index (χ3v) is 7.91. The quantitative estimate of drug-likeness (QED) is 0.281. The van der Waals surface area contributed by atoms with Gasteiger partial charge in [0.05, 0.1) is 41.6 Å². The van der Waals surface area contributed by atoms with Crippen LogP contribution < -0.4 is 24.4 Å². The molecule has 2 heterocycles. The first-order valence-corrected chi connectivity index (χ1v) is 14.7. The van der Waals surface area contributed by atoms with Gasteiger partial charge in [-0.15, -0.1) is 0 Å². The highest BCUT2D eigenvalue weighted by molar-refractivity contribution is 7.92. The normalized spacial score (nSPS) is 14.9. The van der Waals surface area contributed by atoms with Crippen LogP contribution in [0.25, 0.3) is 11.3 Å². The standard InChI is InChI=1S/C29H29FN4O7S/c1-33(2)11-12-34(42(4,37)38)23-9-7-19(15-21(23)30)31-27(17-6-10-24-25(14-17)41-16-40-24)26-20-8-5-18(29(36)39-3)13-22(20)32-28(26)35/h5-10,13-15,31H,11-12,16H2,1-4H3,(H,32,35)/b27-26-. The van der Waals surface area contributed by atoms with Gasteiger partial charge in [-0.25, -0.2) is 17.6 Å². The molecule has 1 amide bonds. The highest BCUT2D eigenvalue weighted by atomic mass is 32.2. The summed E-state index contributed by atoms with van der Waals surface area (Å²) < 4.78 is 57.2. The number of sulfonamides is 1. The van der Waals surface area contributed by atoms with Gasteiger partial charge in [-0.1, -0.05) is 6.07 Å². The number of fused-ring (bicyclic) bond motifs is 2. The molecule has 5 rings (SSSR count). The van der Waals surface area contributed by atoms with Gasteiger partial charge in [0.2, 0.25) is 16.8 Å². The lowest BCUT2D eigenvalue weighted by Crippen LogP contribution is -2.36. The van der Waals surface area contributed by atoms with E-state index in [1.54, 1.807) is 49.3 Å². The molecule has 2 aliphatic rings. The zero-order chi connectivity index (χ0) is 30.2. The van der Waals surface area contributed by atoms with Gasteiger partial charge >= 0.3 is 5.97 Å². The number of carbonyl (C=O) groups is 2. The fourth-order valence-corrected chi connectivity index (χ4v) is 5.60. The van der Waals surface area contributed by atoms with Crippen molar-refractivity contribution in [1.29, 1.82) is 0 Å². The molecule has 0 aromatic heterocycles. The Morgan fingerprint density at radius 1 is 1.02 bits per heavy atom.